The van der Waals surface area contributed by atoms with Crippen LogP contribution in [0, 0.1) is 0 Å². The van der Waals surface area contributed by atoms with Gasteiger partial charge in [0.2, 0.25) is 0 Å². The minimum atomic E-state index is -4.10. The van der Waals surface area contributed by atoms with Crippen LogP contribution in [-0.4, -0.2) is 38.1 Å². The third-order valence-corrected chi connectivity index (χ3v) is 4.50. The Hall–Kier alpha value is -0.180. The minimum Gasteiger partial charge on any atom is -0.373 e. The second-order valence-corrected chi connectivity index (χ2v) is 6.08. The Kier molecular flexibility index (Phi) is 7.42. The van der Waals surface area contributed by atoms with E-state index in [1.54, 1.807) is 0 Å². The van der Waals surface area contributed by atoms with Gasteiger partial charge in [0.25, 0.3) is 0 Å². The zero-order valence-corrected chi connectivity index (χ0v) is 13.2. The molecule has 0 radical (unpaired) electrons. The van der Waals surface area contributed by atoms with Gasteiger partial charge in [-0.3, -0.25) is 0 Å². The van der Waals surface area contributed by atoms with Gasteiger partial charge in [-0.1, -0.05) is 6.92 Å². The molecule has 1 N–H and O–H groups in total. The van der Waals surface area contributed by atoms with E-state index >= 15 is 0 Å². The third-order valence-electron chi connectivity index (χ3n) is 2.55. The van der Waals surface area contributed by atoms with Gasteiger partial charge in [0, 0.05) is 21.8 Å². The standard InChI is InChI=1S/C12H16BrF4NOS/c1-2-18-8(5-10-9(13)3-4-20-10)6-19-7-12(16,17)11(14)15/h3-4,8,11,18H,2,5-7H2,1H3. The zero-order chi connectivity index (χ0) is 15.2. The maximum absolute atomic E-state index is 12.7. The van der Waals surface area contributed by atoms with E-state index in [1.165, 1.54) is 11.3 Å². The lowest BCUT2D eigenvalue weighted by Gasteiger charge is -2.20. The van der Waals surface area contributed by atoms with E-state index in [0.29, 0.717) is 13.0 Å². The lowest BCUT2D eigenvalue weighted by atomic mass is 10.2. The Labute approximate surface area is 127 Å². The van der Waals surface area contributed by atoms with Gasteiger partial charge in [0.1, 0.15) is 6.61 Å². The molecule has 0 spiro atoms. The molecular weight excluding hydrogens is 362 g/mol. The summed E-state index contributed by atoms with van der Waals surface area (Å²) in [5, 5.41) is 5.00. The molecule has 0 aliphatic rings. The molecule has 0 fully saturated rings. The fourth-order valence-electron chi connectivity index (χ4n) is 1.57. The summed E-state index contributed by atoms with van der Waals surface area (Å²) >= 11 is 4.92. The molecule has 1 unspecified atom stereocenters. The highest BCUT2D eigenvalue weighted by molar-refractivity contribution is 9.10. The number of likely N-dealkylation sites (N-methyl/N-ethyl adjacent to an activating group) is 1. The number of hydrogen-bond donors (Lipinski definition) is 1. The molecule has 1 rings (SSSR count). The van der Waals surface area contributed by atoms with Gasteiger partial charge in [0.05, 0.1) is 6.61 Å². The average Bonchev–Trinajstić information content (AvgIpc) is 2.75. The molecule has 1 atom stereocenters. The van der Waals surface area contributed by atoms with E-state index in [4.69, 9.17) is 4.74 Å². The van der Waals surface area contributed by atoms with Gasteiger partial charge in [-0.05, 0) is 33.9 Å². The third kappa shape index (κ3) is 5.67. The number of rotatable bonds is 9. The summed E-state index contributed by atoms with van der Waals surface area (Å²) < 4.78 is 55.1. The summed E-state index contributed by atoms with van der Waals surface area (Å²) in [6.45, 7) is 1.21. The van der Waals surface area contributed by atoms with Crippen LogP contribution >= 0.6 is 27.3 Å². The summed E-state index contributed by atoms with van der Waals surface area (Å²) in [4.78, 5) is 1.06. The molecule has 8 heteroatoms. The number of nitrogens with one attached hydrogen (secondary N) is 1. The molecule has 1 aromatic heterocycles. The monoisotopic (exact) mass is 377 g/mol. The molecule has 0 saturated heterocycles. The van der Waals surface area contributed by atoms with Crippen LogP contribution in [0.1, 0.15) is 11.8 Å². The SMILES string of the molecule is CCNC(COCC(F)(F)C(F)F)Cc1sccc1Br. The summed E-state index contributed by atoms with van der Waals surface area (Å²) in [6.07, 6.45) is -3.11. The Bertz CT molecular complexity index is 403. The van der Waals surface area contributed by atoms with Crippen LogP contribution in [0.15, 0.2) is 15.9 Å². The molecule has 0 aliphatic carbocycles. The summed E-state index contributed by atoms with van der Waals surface area (Å²) in [7, 11) is 0. The quantitative estimate of drug-likeness (QED) is 0.658. The highest BCUT2D eigenvalue weighted by atomic mass is 79.9. The van der Waals surface area contributed by atoms with Gasteiger partial charge in [0.15, 0.2) is 0 Å². The number of thiophene rings is 1. The molecule has 0 bridgehead atoms. The summed E-state index contributed by atoms with van der Waals surface area (Å²) in [5.74, 6) is -4.10. The van der Waals surface area contributed by atoms with Gasteiger partial charge >= 0.3 is 12.3 Å². The second-order valence-electron chi connectivity index (χ2n) is 4.23. The topological polar surface area (TPSA) is 21.3 Å². The van der Waals surface area contributed by atoms with Gasteiger partial charge in [-0.2, -0.15) is 8.78 Å². The fraction of sp³-hybridized carbons (Fsp3) is 0.667. The number of ether oxygens (including phenoxy) is 1. The summed E-state index contributed by atoms with van der Waals surface area (Å²) in [6, 6.07) is 1.71. The smallest absolute Gasteiger partial charge is 0.330 e. The maximum atomic E-state index is 12.7. The molecule has 116 valence electrons. The Balaban J connectivity index is 2.46. The van der Waals surface area contributed by atoms with Gasteiger partial charge in [-0.15, -0.1) is 11.3 Å². The Morgan fingerprint density at radius 2 is 2.15 bits per heavy atom. The average molecular weight is 378 g/mol. The normalized spacial score (nSPS) is 13.9. The van der Waals surface area contributed by atoms with Crippen LogP contribution in [0.4, 0.5) is 17.6 Å². The van der Waals surface area contributed by atoms with Crippen LogP contribution < -0.4 is 5.32 Å². The molecule has 0 saturated carbocycles. The maximum Gasteiger partial charge on any atom is 0.330 e. The zero-order valence-electron chi connectivity index (χ0n) is 10.8. The van der Waals surface area contributed by atoms with Crippen LogP contribution in [0.3, 0.4) is 0 Å². The molecule has 0 aliphatic heterocycles. The van der Waals surface area contributed by atoms with Crippen LogP contribution in [0.25, 0.3) is 0 Å². The fourth-order valence-corrected chi connectivity index (χ4v) is 3.17. The first-order valence-electron chi connectivity index (χ1n) is 6.05. The first-order valence-corrected chi connectivity index (χ1v) is 7.73. The number of hydrogen-bond acceptors (Lipinski definition) is 3. The van der Waals surface area contributed by atoms with Crippen molar-refractivity contribution in [3.63, 3.8) is 0 Å². The first kappa shape index (κ1) is 17.9. The number of alkyl halides is 4. The van der Waals surface area contributed by atoms with E-state index in [2.05, 4.69) is 21.2 Å². The summed E-state index contributed by atoms with van der Waals surface area (Å²) in [5.41, 5.74) is 0. The molecule has 1 aromatic rings. The van der Waals surface area contributed by atoms with Crippen molar-refractivity contribution in [1.82, 2.24) is 5.32 Å². The van der Waals surface area contributed by atoms with E-state index in [9.17, 15) is 17.6 Å². The largest absolute Gasteiger partial charge is 0.373 e. The van der Waals surface area contributed by atoms with Gasteiger partial charge in [-0.25, -0.2) is 8.78 Å². The van der Waals surface area contributed by atoms with Crippen LogP contribution in [-0.2, 0) is 11.2 Å². The highest BCUT2D eigenvalue weighted by Gasteiger charge is 2.41. The lowest BCUT2D eigenvalue weighted by Crippen LogP contribution is -2.38. The van der Waals surface area contributed by atoms with E-state index < -0.39 is 19.0 Å². The van der Waals surface area contributed by atoms with E-state index in [1.807, 2.05) is 18.4 Å². The van der Waals surface area contributed by atoms with Crippen molar-refractivity contribution >= 4 is 27.3 Å². The van der Waals surface area contributed by atoms with Crippen molar-refractivity contribution in [1.29, 1.82) is 0 Å². The molecule has 1 heterocycles. The van der Waals surface area contributed by atoms with Crippen LogP contribution in [0.5, 0.6) is 0 Å². The van der Waals surface area contributed by atoms with E-state index in [-0.39, 0.29) is 12.6 Å². The Morgan fingerprint density at radius 3 is 2.65 bits per heavy atom. The predicted molar refractivity (Wildman–Crippen MR) is 75.0 cm³/mol. The van der Waals surface area contributed by atoms with Crippen molar-refractivity contribution in [3.8, 4) is 0 Å². The van der Waals surface area contributed by atoms with Crippen molar-refractivity contribution in [2.45, 2.75) is 31.7 Å². The van der Waals surface area contributed by atoms with Crippen molar-refractivity contribution in [2.75, 3.05) is 19.8 Å². The minimum absolute atomic E-state index is 0.0412. The molecule has 0 aromatic carbocycles. The molecular formula is C12H16BrF4NOS. The predicted octanol–water partition coefficient (Wildman–Crippen LogP) is 3.95. The molecule has 0 amide bonds. The first-order chi connectivity index (χ1) is 9.36. The number of halogens is 5. The molecule has 20 heavy (non-hydrogen) atoms. The van der Waals surface area contributed by atoms with Gasteiger partial charge < -0.3 is 10.1 Å². The highest BCUT2D eigenvalue weighted by Crippen LogP contribution is 2.25. The Morgan fingerprint density at radius 1 is 1.45 bits per heavy atom. The van der Waals surface area contributed by atoms with Crippen molar-refractivity contribution < 1.29 is 22.3 Å². The lowest BCUT2D eigenvalue weighted by molar-refractivity contribution is -0.167. The van der Waals surface area contributed by atoms with Crippen molar-refractivity contribution in [2.24, 2.45) is 0 Å². The van der Waals surface area contributed by atoms with Crippen molar-refractivity contribution in [3.05, 3.63) is 20.8 Å². The van der Waals surface area contributed by atoms with Crippen LogP contribution in [0.2, 0.25) is 0 Å². The van der Waals surface area contributed by atoms with E-state index in [0.717, 1.165) is 9.35 Å². The second kappa shape index (κ2) is 8.31. The molecule has 2 nitrogen and oxygen atoms in total.